The first-order chi connectivity index (χ1) is 13.1. The van der Waals surface area contributed by atoms with Gasteiger partial charge in [-0.15, -0.1) is 0 Å². The van der Waals surface area contributed by atoms with Crippen molar-refractivity contribution < 1.29 is 9.53 Å². The van der Waals surface area contributed by atoms with E-state index in [9.17, 15) is 4.79 Å². The monoisotopic (exact) mass is 362 g/mol. The van der Waals surface area contributed by atoms with Crippen molar-refractivity contribution in [2.75, 3.05) is 6.61 Å². The van der Waals surface area contributed by atoms with Crippen molar-refractivity contribution in [3.8, 4) is 0 Å². The smallest absolute Gasteiger partial charge is 0.357 e. The van der Waals surface area contributed by atoms with Crippen LogP contribution < -0.4 is 0 Å². The molecule has 0 amide bonds. The molecule has 3 aromatic rings. The van der Waals surface area contributed by atoms with Gasteiger partial charge in [0.2, 0.25) is 0 Å². The number of fused-ring (bicyclic) bond motifs is 3. The Hall–Kier alpha value is -2.62. The number of rotatable bonds is 4. The van der Waals surface area contributed by atoms with Crippen molar-refractivity contribution in [3.63, 3.8) is 0 Å². The van der Waals surface area contributed by atoms with Gasteiger partial charge in [-0.2, -0.15) is 0 Å². The fraction of sp³-hybridized carbons (Fsp3) is 0.391. The second kappa shape index (κ2) is 7.18. The Morgan fingerprint density at radius 2 is 2.04 bits per heavy atom. The highest BCUT2D eigenvalue weighted by Crippen LogP contribution is 2.37. The summed E-state index contributed by atoms with van der Waals surface area (Å²) in [5, 5.41) is 2.16. The average Bonchev–Trinajstić information content (AvgIpc) is 3.07. The minimum atomic E-state index is -0.367. The van der Waals surface area contributed by atoms with Gasteiger partial charge < -0.3 is 9.72 Å². The summed E-state index contributed by atoms with van der Waals surface area (Å²) in [6, 6.07) is 6.48. The Morgan fingerprint density at radius 1 is 1.26 bits per heavy atom. The molecule has 2 aromatic heterocycles. The first-order valence-corrected chi connectivity index (χ1v) is 9.87. The molecule has 1 saturated carbocycles. The number of benzene rings is 1. The molecule has 27 heavy (non-hydrogen) atoms. The Morgan fingerprint density at radius 3 is 2.78 bits per heavy atom. The Balaban J connectivity index is 1.81. The van der Waals surface area contributed by atoms with Crippen molar-refractivity contribution in [1.82, 2.24) is 9.97 Å². The number of aromatic nitrogens is 2. The summed E-state index contributed by atoms with van der Waals surface area (Å²) in [4.78, 5) is 20.0. The van der Waals surface area contributed by atoms with Gasteiger partial charge in [0.15, 0.2) is 5.69 Å². The molecular weight excluding hydrogens is 336 g/mol. The maximum Gasteiger partial charge on any atom is 0.357 e. The number of ether oxygens (including phenoxy) is 1. The fourth-order valence-electron chi connectivity index (χ4n) is 4.35. The zero-order chi connectivity index (χ0) is 19.0. The van der Waals surface area contributed by atoms with Crippen LogP contribution in [0.3, 0.4) is 0 Å². The number of pyridine rings is 1. The van der Waals surface area contributed by atoms with Gasteiger partial charge >= 0.3 is 5.97 Å². The number of esters is 1. The largest absolute Gasteiger partial charge is 0.461 e. The molecule has 0 radical (unpaired) electrons. The van der Waals surface area contributed by atoms with E-state index < -0.39 is 0 Å². The molecular formula is C23H26N2O2. The van der Waals surface area contributed by atoms with E-state index in [1.54, 1.807) is 13.1 Å². The van der Waals surface area contributed by atoms with Crippen LogP contribution in [0.1, 0.15) is 60.6 Å². The number of carbonyl (C=O) groups excluding carboxylic acids is 1. The number of nitrogens with one attached hydrogen (secondary N) is 1. The number of aromatic amines is 1. The maximum absolute atomic E-state index is 12.2. The molecule has 0 aliphatic heterocycles. The summed E-state index contributed by atoms with van der Waals surface area (Å²) in [6.07, 6.45) is 8.14. The van der Waals surface area contributed by atoms with E-state index in [0.29, 0.717) is 18.2 Å². The lowest BCUT2D eigenvalue weighted by atomic mass is 9.81. The van der Waals surface area contributed by atoms with E-state index in [4.69, 9.17) is 4.74 Å². The Bertz CT molecular complexity index is 1030. The molecule has 1 aliphatic rings. The Kier molecular flexibility index (Phi) is 4.73. The molecule has 0 saturated heterocycles. The van der Waals surface area contributed by atoms with Crippen LogP contribution >= 0.6 is 0 Å². The van der Waals surface area contributed by atoms with Crippen LogP contribution in [0.5, 0.6) is 0 Å². The number of allylic oxidation sites excluding steroid dienone is 1. The Labute approximate surface area is 159 Å². The van der Waals surface area contributed by atoms with E-state index in [-0.39, 0.29) is 5.97 Å². The summed E-state index contributed by atoms with van der Waals surface area (Å²) < 4.78 is 5.16. The highest BCUT2D eigenvalue weighted by Gasteiger charge is 2.20. The topological polar surface area (TPSA) is 55.0 Å². The fourth-order valence-corrected chi connectivity index (χ4v) is 4.35. The molecule has 4 nitrogen and oxygen atoms in total. The maximum atomic E-state index is 12.2. The number of carbonyl (C=O) groups is 1. The molecule has 4 rings (SSSR count). The third-order valence-corrected chi connectivity index (χ3v) is 5.82. The summed E-state index contributed by atoms with van der Waals surface area (Å²) >= 11 is 0. The van der Waals surface area contributed by atoms with E-state index in [0.717, 1.165) is 27.4 Å². The van der Waals surface area contributed by atoms with Gasteiger partial charge in [0.05, 0.1) is 18.3 Å². The number of hydrogen-bond donors (Lipinski definition) is 1. The van der Waals surface area contributed by atoms with E-state index in [2.05, 4.69) is 34.7 Å². The van der Waals surface area contributed by atoms with E-state index in [1.165, 1.54) is 43.2 Å². The highest BCUT2D eigenvalue weighted by atomic mass is 16.5. The van der Waals surface area contributed by atoms with Gasteiger partial charge in [-0.05, 0) is 61.4 Å². The van der Waals surface area contributed by atoms with Crippen molar-refractivity contribution in [3.05, 3.63) is 47.8 Å². The minimum Gasteiger partial charge on any atom is -0.461 e. The lowest BCUT2D eigenvalue weighted by Gasteiger charge is -2.24. The molecule has 4 heteroatoms. The van der Waals surface area contributed by atoms with Gasteiger partial charge in [-0.25, -0.2) is 9.78 Å². The second-order valence-electron chi connectivity index (χ2n) is 7.49. The van der Waals surface area contributed by atoms with Crippen molar-refractivity contribution >= 4 is 33.3 Å². The second-order valence-corrected chi connectivity index (χ2v) is 7.49. The van der Waals surface area contributed by atoms with Crippen LogP contribution in [0, 0.1) is 12.8 Å². The molecule has 2 heterocycles. The molecule has 1 aromatic carbocycles. The molecule has 0 atom stereocenters. The standard InChI is InChI=1S/C23H26N2O2/c1-4-27-23(26)22-15(3)21-18-12-17(14(2)16-8-6-5-7-9-16)10-11-19(18)25-20(21)13-24-22/h10-13,16,25H,2,4-9H2,1,3H3. The number of nitrogens with zero attached hydrogens (tertiary/aromatic N) is 1. The average molecular weight is 362 g/mol. The normalized spacial score (nSPS) is 15.3. The van der Waals surface area contributed by atoms with Gasteiger partial charge in [-0.1, -0.05) is 31.9 Å². The van der Waals surface area contributed by atoms with E-state index in [1.807, 2.05) is 6.92 Å². The number of aryl methyl sites for hydroxylation is 1. The van der Waals surface area contributed by atoms with Crippen molar-refractivity contribution in [2.45, 2.75) is 46.0 Å². The van der Waals surface area contributed by atoms with Gasteiger partial charge in [0.1, 0.15) is 0 Å². The third-order valence-electron chi connectivity index (χ3n) is 5.82. The lowest BCUT2D eigenvalue weighted by Crippen LogP contribution is -2.09. The molecule has 1 fully saturated rings. The highest BCUT2D eigenvalue weighted by molar-refractivity contribution is 6.11. The summed E-state index contributed by atoms with van der Waals surface area (Å²) in [6.45, 7) is 8.51. The SMILES string of the molecule is C=C(c1ccc2[nH]c3cnc(C(=O)OCC)c(C)c3c2c1)C1CCCCC1. The van der Waals surface area contributed by atoms with Crippen LogP contribution in [0.25, 0.3) is 27.4 Å². The lowest BCUT2D eigenvalue weighted by molar-refractivity contribution is 0.0519. The summed E-state index contributed by atoms with van der Waals surface area (Å²) in [5.41, 5.74) is 5.68. The molecule has 0 bridgehead atoms. The molecule has 0 unspecified atom stereocenters. The molecule has 1 N–H and O–H groups in total. The van der Waals surface area contributed by atoms with Crippen LogP contribution in [0.4, 0.5) is 0 Å². The zero-order valence-electron chi connectivity index (χ0n) is 16.1. The number of H-pyrrole nitrogens is 1. The van der Waals surface area contributed by atoms with Crippen molar-refractivity contribution in [1.29, 1.82) is 0 Å². The minimum absolute atomic E-state index is 0.344. The third kappa shape index (κ3) is 3.14. The summed E-state index contributed by atoms with van der Waals surface area (Å²) in [5.74, 6) is 0.216. The van der Waals surface area contributed by atoms with Crippen LogP contribution in [0.15, 0.2) is 31.0 Å². The molecule has 1 aliphatic carbocycles. The predicted molar refractivity (Wildman–Crippen MR) is 110 cm³/mol. The van der Waals surface area contributed by atoms with Gasteiger partial charge in [-0.3, -0.25) is 0 Å². The summed E-state index contributed by atoms with van der Waals surface area (Å²) in [7, 11) is 0. The first kappa shape index (κ1) is 17.8. The zero-order valence-corrected chi connectivity index (χ0v) is 16.1. The van der Waals surface area contributed by atoms with E-state index >= 15 is 0 Å². The number of hydrogen-bond acceptors (Lipinski definition) is 3. The van der Waals surface area contributed by atoms with Crippen molar-refractivity contribution in [2.24, 2.45) is 5.92 Å². The molecule has 0 spiro atoms. The van der Waals surface area contributed by atoms with Crippen LogP contribution in [-0.2, 0) is 4.74 Å². The molecule has 140 valence electrons. The predicted octanol–water partition coefficient (Wildman–Crippen LogP) is 5.79. The quantitative estimate of drug-likeness (QED) is 0.597. The van der Waals surface area contributed by atoms with Crippen LogP contribution in [-0.4, -0.2) is 22.5 Å². The first-order valence-electron chi connectivity index (χ1n) is 9.87. The van der Waals surface area contributed by atoms with Gasteiger partial charge in [0, 0.05) is 16.3 Å². The van der Waals surface area contributed by atoms with Gasteiger partial charge in [0.25, 0.3) is 0 Å². The van der Waals surface area contributed by atoms with Crippen LogP contribution in [0.2, 0.25) is 0 Å².